The maximum atomic E-state index is 14.3. The number of hydrogen-bond donors (Lipinski definition) is 0. The second kappa shape index (κ2) is 5.95. The molecule has 1 aliphatic heterocycles. The number of benzene rings is 2. The molecule has 0 saturated carbocycles. The predicted molar refractivity (Wildman–Crippen MR) is 95.7 cm³/mol. The third kappa shape index (κ3) is 2.51. The van der Waals surface area contributed by atoms with E-state index in [-0.39, 0.29) is 22.8 Å². The van der Waals surface area contributed by atoms with E-state index in [1.807, 2.05) is 0 Å². The second-order valence-corrected chi connectivity index (χ2v) is 6.80. The number of ether oxygens (including phenoxy) is 1. The van der Waals surface area contributed by atoms with Gasteiger partial charge in [0.1, 0.15) is 23.3 Å². The Morgan fingerprint density at radius 2 is 1.92 bits per heavy atom. The van der Waals surface area contributed by atoms with Crippen molar-refractivity contribution in [3.8, 4) is 5.75 Å². The van der Waals surface area contributed by atoms with E-state index in [1.165, 1.54) is 18.2 Å². The molecule has 0 amide bonds. The van der Waals surface area contributed by atoms with E-state index in [4.69, 9.17) is 20.8 Å². The first-order chi connectivity index (χ1) is 12.4. The van der Waals surface area contributed by atoms with Crippen molar-refractivity contribution in [1.82, 2.24) is 0 Å². The molecule has 0 saturated heterocycles. The molecule has 1 aromatic heterocycles. The summed E-state index contributed by atoms with van der Waals surface area (Å²) in [4.78, 5) is 24.5. The minimum Gasteiger partial charge on any atom is -0.484 e. The Morgan fingerprint density at radius 1 is 1.15 bits per heavy atom. The Labute approximate surface area is 153 Å². The van der Waals surface area contributed by atoms with Crippen LogP contribution in [-0.2, 0) is 0 Å². The first-order valence-corrected chi connectivity index (χ1v) is 8.46. The van der Waals surface area contributed by atoms with E-state index in [0.717, 1.165) is 0 Å². The summed E-state index contributed by atoms with van der Waals surface area (Å²) in [5.41, 5.74) is 1.70. The topological polar surface area (TPSA) is 56.5 Å². The molecular formula is C20H14ClFO4. The lowest BCUT2D eigenvalue weighted by atomic mass is 9.91. The first kappa shape index (κ1) is 16.8. The van der Waals surface area contributed by atoms with Gasteiger partial charge >= 0.3 is 5.63 Å². The molecule has 2 heterocycles. The van der Waals surface area contributed by atoms with Gasteiger partial charge in [0.05, 0.1) is 22.4 Å². The zero-order chi connectivity index (χ0) is 18.6. The summed E-state index contributed by atoms with van der Waals surface area (Å²) in [6.45, 7) is 3.49. The van der Waals surface area contributed by atoms with Gasteiger partial charge in [-0.25, -0.2) is 9.18 Å². The highest BCUT2D eigenvalue weighted by molar-refractivity contribution is 6.31. The fraction of sp³-hybridized carbons (Fsp3) is 0.200. The maximum absolute atomic E-state index is 14.3. The highest BCUT2D eigenvalue weighted by Gasteiger charge is 2.34. The lowest BCUT2D eigenvalue weighted by Crippen LogP contribution is -2.23. The molecule has 1 atom stereocenters. The molecule has 0 fully saturated rings. The van der Waals surface area contributed by atoms with Crippen molar-refractivity contribution in [3.63, 3.8) is 0 Å². The van der Waals surface area contributed by atoms with Gasteiger partial charge < -0.3 is 9.15 Å². The number of ketones is 1. The van der Waals surface area contributed by atoms with E-state index < -0.39 is 17.5 Å². The molecule has 0 bridgehead atoms. The standard InChI is InChI=1S/C20H14ClFO4/c1-9-6-14-18(10(2)7-16(24)25-14)20-17(9)13(23)8-15(26-20)19-11(21)4-3-5-12(19)22/h3-7,15H,8H2,1-2H3/t15-/m1/s1. The molecule has 0 radical (unpaired) electrons. The van der Waals surface area contributed by atoms with E-state index in [0.29, 0.717) is 33.4 Å². The molecule has 0 N–H and O–H groups in total. The molecule has 6 heteroatoms. The van der Waals surface area contributed by atoms with Crippen molar-refractivity contribution in [2.75, 3.05) is 0 Å². The fourth-order valence-electron chi connectivity index (χ4n) is 3.50. The Kier molecular flexibility index (Phi) is 3.84. The van der Waals surface area contributed by atoms with Crippen LogP contribution < -0.4 is 10.4 Å². The van der Waals surface area contributed by atoms with Crippen LogP contribution in [-0.4, -0.2) is 5.78 Å². The number of halogens is 2. The summed E-state index contributed by atoms with van der Waals surface area (Å²) in [7, 11) is 0. The van der Waals surface area contributed by atoms with Crippen LogP contribution in [0.3, 0.4) is 0 Å². The molecule has 0 aliphatic carbocycles. The summed E-state index contributed by atoms with van der Waals surface area (Å²) in [5.74, 6) is -0.388. The number of Topliss-reactive ketones (excluding diaryl/α,β-unsaturated/α-hetero) is 1. The van der Waals surface area contributed by atoms with Gasteiger partial charge in [0.2, 0.25) is 0 Å². The summed E-state index contributed by atoms with van der Waals surface area (Å²) in [5, 5.41) is 0.738. The molecule has 4 nitrogen and oxygen atoms in total. The van der Waals surface area contributed by atoms with Crippen LogP contribution in [0.1, 0.15) is 39.6 Å². The maximum Gasteiger partial charge on any atom is 0.336 e. The summed E-state index contributed by atoms with van der Waals surface area (Å²) >= 11 is 6.15. The minimum absolute atomic E-state index is 0.0180. The van der Waals surface area contributed by atoms with Gasteiger partial charge in [0, 0.05) is 11.6 Å². The second-order valence-electron chi connectivity index (χ2n) is 6.39. The predicted octanol–water partition coefficient (Wildman–Crippen LogP) is 4.91. The average molecular weight is 373 g/mol. The molecule has 4 rings (SSSR count). The van der Waals surface area contributed by atoms with Gasteiger partial charge in [0.25, 0.3) is 0 Å². The Bertz CT molecular complexity index is 1110. The van der Waals surface area contributed by atoms with Crippen molar-refractivity contribution in [2.45, 2.75) is 26.4 Å². The fourth-order valence-corrected chi connectivity index (χ4v) is 3.78. The molecule has 132 valence electrons. The van der Waals surface area contributed by atoms with E-state index in [2.05, 4.69) is 0 Å². The molecular weight excluding hydrogens is 359 g/mol. The number of carbonyl (C=O) groups excluding carboxylic acids is 1. The minimum atomic E-state index is -0.847. The van der Waals surface area contributed by atoms with Gasteiger partial charge in [-0.1, -0.05) is 17.7 Å². The van der Waals surface area contributed by atoms with Crippen molar-refractivity contribution in [2.24, 2.45) is 0 Å². The normalized spacial score (nSPS) is 16.5. The third-order valence-electron chi connectivity index (χ3n) is 4.61. The third-order valence-corrected chi connectivity index (χ3v) is 4.94. The molecule has 0 spiro atoms. The molecule has 2 aromatic carbocycles. The zero-order valence-corrected chi connectivity index (χ0v) is 14.8. The Balaban J connectivity index is 1.98. The SMILES string of the molecule is Cc1cc2oc(=O)cc(C)c2c2c1C(=O)C[C@H](c1c(F)cccc1Cl)O2. The average Bonchev–Trinajstić information content (AvgIpc) is 2.53. The number of carbonyl (C=O) groups is 1. The van der Waals surface area contributed by atoms with Gasteiger partial charge in [0.15, 0.2) is 5.78 Å². The van der Waals surface area contributed by atoms with Crippen LogP contribution in [0, 0.1) is 19.7 Å². The molecule has 0 unspecified atom stereocenters. The lowest BCUT2D eigenvalue weighted by molar-refractivity contribution is 0.0848. The van der Waals surface area contributed by atoms with Crippen molar-refractivity contribution in [1.29, 1.82) is 0 Å². The van der Waals surface area contributed by atoms with Gasteiger partial charge in [-0.05, 0) is 43.2 Å². The number of aryl methyl sites for hydroxylation is 2. The summed E-state index contributed by atoms with van der Waals surface area (Å²) < 4.78 is 25.7. The van der Waals surface area contributed by atoms with Gasteiger partial charge in [-0.2, -0.15) is 0 Å². The smallest absolute Gasteiger partial charge is 0.336 e. The monoisotopic (exact) mass is 372 g/mol. The summed E-state index contributed by atoms with van der Waals surface area (Å²) in [6.07, 6.45) is -0.865. The largest absolute Gasteiger partial charge is 0.484 e. The van der Waals surface area contributed by atoms with E-state index in [9.17, 15) is 14.0 Å². The van der Waals surface area contributed by atoms with Gasteiger partial charge in [-0.3, -0.25) is 4.79 Å². The van der Waals surface area contributed by atoms with Crippen molar-refractivity contribution < 1.29 is 18.3 Å². The van der Waals surface area contributed by atoms with Crippen molar-refractivity contribution in [3.05, 3.63) is 73.8 Å². The number of fused-ring (bicyclic) bond motifs is 3. The number of rotatable bonds is 1. The zero-order valence-electron chi connectivity index (χ0n) is 14.1. The summed E-state index contributed by atoms with van der Waals surface area (Å²) in [6, 6.07) is 7.33. The molecule has 3 aromatic rings. The van der Waals surface area contributed by atoms with Gasteiger partial charge in [-0.15, -0.1) is 0 Å². The van der Waals surface area contributed by atoms with Crippen LogP contribution in [0.5, 0.6) is 5.75 Å². The van der Waals surface area contributed by atoms with Crippen LogP contribution in [0.25, 0.3) is 11.0 Å². The molecule has 1 aliphatic rings. The van der Waals surface area contributed by atoms with Crippen LogP contribution in [0.4, 0.5) is 4.39 Å². The highest BCUT2D eigenvalue weighted by atomic mass is 35.5. The first-order valence-electron chi connectivity index (χ1n) is 8.08. The Morgan fingerprint density at radius 3 is 2.65 bits per heavy atom. The van der Waals surface area contributed by atoms with Crippen LogP contribution in [0.2, 0.25) is 5.02 Å². The van der Waals surface area contributed by atoms with Crippen LogP contribution >= 0.6 is 11.6 Å². The number of hydrogen-bond acceptors (Lipinski definition) is 4. The van der Waals surface area contributed by atoms with E-state index >= 15 is 0 Å². The van der Waals surface area contributed by atoms with Crippen LogP contribution in [0.15, 0.2) is 39.5 Å². The van der Waals surface area contributed by atoms with E-state index in [1.54, 1.807) is 26.0 Å². The molecule has 26 heavy (non-hydrogen) atoms. The highest BCUT2D eigenvalue weighted by Crippen LogP contribution is 2.44. The van der Waals surface area contributed by atoms with Crippen molar-refractivity contribution >= 4 is 28.4 Å². The Hall–Kier alpha value is -2.66. The quantitative estimate of drug-likeness (QED) is 0.569. The lowest BCUT2D eigenvalue weighted by Gasteiger charge is -2.28.